The highest BCUT2D eigenvalue weighted by Crippen LogP contribution is 2.80. The molecule has 1 fully saturated rings. The van der Waals surface area contributed by atoms with Gasteiger partial charge in [0.25, 0.3) is 0 Å². The van der Waals surface area contributed by atoms with Crippen LogP contribution in [0.25, 0.3) is 0 Å². The summed E-state index contributed by atoms with van der Waals surface area (Å²) in [6, 6.07) is 10.1. The van der Waals surface area contributed by atoms with Crippen molar-refractivity contribution in [3.8, 4) is 0 Å². The molecular formula is C19H25OP. The molecule has 0 bridgehead atoms. The minimum Gasteiger partial charge on any atom is -0.317 e. The van der Waals surface area contributed by atoms with E-state index in [1.165, 1.54) is 0 Å². The Labute approximate surface area is 128 Å². The van der Waals surface area contributed by atoms with Gasteiger partial charge in [0.15, 0.2) is 0 Å². The van der Waals surface area contributed by atoms with Crippen molar-refractivity contribution in [3.05, 3.63) is 54.6 Å². The van der Waals surface area contributed by atoms with E-state index in [0.29, 0.717) is 0 Å². The molecule has 1 aliphatic heterocycles. The summed E-state index contributed by atoms with van der Waals surface area (Å²) in [6.45, 7) is 8.93. The van der Waals surface area contributed by atoms with Gasteiger partial charge in [-0.25, -0.2) is 0 Å². The summed E-state index contributed by atoms with van der Waals surface area (Å²) in [5.41, 5.74) is -0.00467. The van der Waals surface area contributed by atoms with Crippen molar-refractivity contribution in [2.45, 2.75) is 50.8 Å². The molecule has 0 N–H and O–H groups in total. The maximum atomic E-state index is 14.5. The molecule has 0 saturated carbocycles. The summed E-state index contributed by atoms with van der Waals surface area (Å²) < 4.78 is 14.5. The third kappa shape index (κ3) is 1.73. The van der Waals surface area contributed by atoms with Crippen LogP contribution in [0, 0.1) is 5.41 Å². The quantitative estimate of drug-likeness (QED) is 0.518. The summed E-state index contributed by atoms with van der Waals surface area (Å²) >= 11 is 0. The van der Waals surface area contributed by atoms with E-state index in [-0.39, 0.29) is 15.7 Å². The van der Waals surface area contributed by atoms with Crippen LogP contribution in [0.4, 0.5) is 0 Å². The zero-order valence-corrected chi connectivity index (χ0v) is 14.4. The molecule has 3 rings (SSSR count). The maximum absolute atomic E-state index is 14.5. The average Bonchev–Trinajstić information content (AvgIpc) is 2.57. The Bertz CT molecular complexity index is 637. The van der Waals surface area contributed by atoms with E-state index in [9.17, 15) is 4.57 Å². The summed E-state index contributed by atoms with van der Waals surface area (Å²) in [4.78, 5) is 0. The van der Waals surface area contributed by atoms with Crippen LogP contribution in [0.2, 0.25) is 0 Å². The van der Waals surface area contributed by atoms with Crippen molar-refractivity contribution in [2.75, 3.05) is 0 Å². The highest BCUT2D eigenvalue weighted by Gasteiger charge is 2.68. The fourth-order valence-electron chi connectivity index (χ4n) is 4.75. The molecular weight excluding hydrogens is 275 g/mol. The number of hydrogen-bond acceptors (Lipinski definition) is 1. The first-order valence-corrected chi connectivity index (χ1v) is 9.49. The second kappa shape index (κ2) is 4.46. The van der Waals surface area contributed by atoms with Crippen LogP contribution in [-0.4, -0.2) is 10.3 Å². The van der Waals surface area contributed by atoms with E-state index >= 15 is 0 Å². The molecule has 1 spiro atoms. The molecule has 0 radical (unpaired) electrons. The van der Waals surface area contributed by atoms with Gasteiger partial charge in [-0.1, -0.05) is 82.3 Å². The average molecular weight is 300 g/mol. The molecule has 1 saturated heterocycles. The van der Waals surface area contributed by atoms with Crippen LogP contribution in [0.15, 0.2) is 54.6 Å². The van der Waals surface area contributed by atoms with Gasteiger partial charge in [-0.2, -0.15) is 0 Å². The normalized spacial score (nSPS) is 31.6. The Morgan fingerprint density at radius 3 is 2.10 bits per heavy atom. The monoisotopic (exact) mass is 300 g/mol. The van der Waals surface area contributed by atoms with Crippen LogP contribution < -0.4 is 5.30 Å². The molecule has 112 valence electrons. The van der Waals surface area contributed by atoms with Crippen LogP contribution in [0.3, 0.4) is 0 Å². The van der Waals surface area contributed by atoms with Crippen molar-refractivity contribution in [1.82, 2.24) is 0 Å². The lowest BCUT2D eigenvalue weighted by molar-refractivity contribution is 0.304. The summed E-state index contributed by atoms with van der Waals surface area (Å²) in [7, 11) is -2.63. The lowest BCUT2D eigenvalue weighted by atomic mass is 9.72. The predicted octanol–water partition coefficient (Wildman–Crippen LogP) is 5.14. The first-order chi connectivity index (χ1) is 9.77. The summed E-state index contributed by atoms with van der Waals surface area (Å²) in [6.07, 6.45) is 10.8. The van der Waals surface area contributed by atoms with Gasteiger partial charge in [0.1, 0.15) is 7.14 Å². The Hall–Kier alpha value is -1.07. The topological polar surface area (TPSA) is 17.1 Å². The predicted molar refractivity (Wildman–Crippen MR) is 91.8 cm³/mol. The molecule has 1 aromatic carbocycles. The third-order valence-electron chi connectivity index (χ3n) is 5.47. The zero-order valence-electron chi connectivity index (χ0n) is 13.5. The van der Waals surface area contributed by atoms with Gasteiger partial charge in [0.05, 0.1) is 5.16 Å². The van der Waals surface area contributed by atoms with Gasteiger partial charge >= 0.3 is 0 Å². The standard InChI is InChI=1S/C19H25OP/c1-17(2)15-18(3,4)21(20,16-11-7-5-8-12-16)19(17)13-9-6-10-14-19/h5,7-14H,6,15H2,1-4H3. The van der Waals surface area contributed by atoms with Crippen LogP contribution in [-0.2, 0) is 4.57 Å². The van der Waals surface area contributed by atoms with E-state index in [2.05, 4.69) is 64.1 Å². The van der Waals surface area contributed by atoms with Crippen molar-refractivity contribution < 1.29 is 4.57 Å². The maximum Gasteiger partial charge on any atom is 0.134 e. The van der Waals surface area contributed by atoms with Gasteiger partial charge in [-0.05, 0) is 18.3 Å². The van der Waals surface area contributed by atoms with Crippen LogP contribution in [0.1, 0.15) is 40.5 Å². The minimum atomic E-state index is -2.63. The van der Waals surface area contributed by atoms with Crippen molar-refractivity contribution in [2.24, 2.45) is 5.41 Å². The number of benzene rings is 1. The van der Waals surface area contributed by atoms with Crippen molar-refractivity contribution in [3.63, 3.8) is 0 Å². The molecule has 1 heterocycles. The molecule has 1 nitrogen and oxygen atoms in total. The molecule has 1 aliphatic carbocycles. The Kier molecular flexibility index (Phi) is 3.16. The van der Waals surface area contributed by atoms with E-state index in [4.69, 9.17) is 0 Å². The van der Waals surface area contributed by atoms with Gasteiger partial charge in [-0.15, -0.1) is 0 Å². The first kappa shape index (κ1) is 14.9. The second-order valence-corrected chi connectivity index (χ2v) is 11.4. The lowest BCUT2D eigenvalue weighted by Crippen LogP contribution is -2.39. The molecule has 1 aromatic rings. The number of allylic oxidation sites excluding steroid dienone is 4. The summed E-state index contributed by atoms with van der Waals surface area (Å²) in [5.74, 6) is 0. The van der Waals surface area contributed by atoms with Gasteiger partial charge in [-0.3, -0.25) is 0 Å². The number of rotatable bonds is 1. The smallest absolute Gasteiger partial charge is 0.134 e. The largest absolute Gasteiger partial charge is 0.317 e. The van der Waals surface area contributed by atoms with E-state index in [1.54, 1.807) is 0 Å². The zero-order chi connectivity index (χ0) is 15.4. The van der Waals surface area contributed by atoms with E-state index in [1.807, 2.05) is 18.2 Å². The van der Waals surface area contributed by atoms with E-state index in [0.717, 1.165) is 18.1 Å². The molecule has 0 aromatic heterocycles. The van der Waals surface area contributed by atoms with Gasteiger partial charge < -0.3 is 4.57 Å². The third-order valence-corrected chi connectivity index (χ3v) is 10.3. The Balaban J connectivity index is 2.34. The minimum absolute atomic E-state index is 0.00467. The lowest BCUT2D eigenvalue weighted by Gasteiger charge is -2.43. The van der Waals surface area contributed by atoms with Gasteiger partial charge in [0.2, 0.25) is 0 Å². The second-order valence-electron chi connectivity index (χ2n) is 7.68. The fourth-order valence-corrected chi connectivity index (χ4v) is 9.65. The molecule has 21 heavy (non-hydrogen) atoms. The fraction of sp³-hybridized carbons (Fsp3) is 0.474. The first-order valence-electron chi connectivity index (χ1n) is 7.78. The molecule has 0 amide bonds. The Morgan fingerprint density at radius 1 is 0.952 bits per heavy atom. The van der Waals surface area contributed by atoms with Crippen molar-refractivity contribution in [1.29, 1.82) is 0 Å². The SMILES string of the molecule is CC1(C)CC(C)(C)P(=O)(c2ccccc2)C12C=CCC=C2. The molecule has 2 aliphatic rings. The number of hydrogen-bond donors (Lipinski definition) is 0. The highest BCUT2D eigenvalue weighted by atomic mass is 31.2. The molecule has 2 heteroatoms. The van der Waals surface area contributed by atoms with Crippen molar-refractivity contribution >= 4 is 12.4 Å². The van der Waals surface area contributed by atoms with Crippen LogP contribution >= 0.6 is 7.14 Å². The van der Waals surface area contributed by atoms with E-state index < -0.39 is 7.14 Å². The molecule has 1 unspecified atom stereocenters. The summed E-state index contributed by atoms with van der Waals surface area (Å²) in [5, 5.41) is 0.490. The molecule has 1 atom stereocenters. The van der Waals surface area contributed by atoms with Crippen LogP contribution in [0.5, 0.6) is 0 Å². The Morgan fingerprint density at radius 2 is 1.52 bits per heavy atom. The van der Waals surface area contributed by atoms with Gasteiger partial charge in [0, 0.05) is 10.5 Å². The highest BCUT2D eigenvalue weighted by molar-refractivity contribution is 7.75.